The molecule has 7 aliphatic rings. The van der Waals surface area contributed by atoms with E-state index in [-0.39, 0.29) is 53.8 Å². The number of ether oxygens (including phenoxy) is 5. The number of methoxy groups -OCH3 is 3. The van der Waals surface area contributed by atoms with Gasteiger partial charge in [-0.3, -0.25) is 4.90 Å². The summed E-state index contributed by atoms with van der Waals surface area (Å²) in [4.78, 5) is 2.69. The van der Waals surface area contributed by atoms with Gasteiger partial charge in [-0.05, 0) is 37.1 Å². The maximum absolute atomic E-state index is 11.8. The van der Waals surface area contributed by atoms with Gasteiger partial charge in [0, 0.05) is 57.5 Å². The number of likely N-dealkylation sites (tertiary alicyclic amines) is 1. The number of aliphatic hydroxyl groups excluding tert-OH is 1. The highest BCUT2D eigenvalue weighted by Gasteiger charge is 2.93. The number of rotatable bonds is 4. The van der Waals surface area contributed by atoms with Crippen molar-refractivity contribution in [2.45, 2.75) is 81.2 Å². The number of aliphatic hydroxyl groups is 1. The van der Waals surface area contributed by atoms with Crippen molar-refractivity contribution < 1.29 is 28.8 Å². The molecule has 0 amide bonds. The summed E-state index contributed by atoms with van der Waals surface area (Å²) in [5.74, 6) is 0.828. The summed E-state index contributed by atoms with van der Waals surface area (Å²) in [7, 11) is 5.55. The molecule has 7 heteroatoms. The Balaban J connectivity index is 1.58. The maximum atomic E-state index is 11.8. The van der Waals surface area contributed by atoms with Crippen molar-refractivity contribution in [2.24, 2.45) is 34.5 Å². The van der Waals surface area contributed by atoms with Gasteiger partial charge >= 0.3 is 0 Å². The Bertz CT molecular complexity index is 826. The maximum Gasteiger partial charge on any atom is 0.148 e. The second-order valence-corrected chi connectivity index (χ2v) is 12.1. The van der Waals surface area contributed by atoms with Crippen LogP contribution in [-0.4, -0.2) is 92.9 Å². The first kappa shape index (κ1) is 21.0. The van der Waals surface area contributed by atoms with Crippen LogP contribution in [-0.2, 0) is 23.7 Å². The Labute approximate surface area is 191 Å². The molecule has 5 aliphatic carbocycles. The Morgan fingerprint density at radius 1 is 1.12 bits per heavy atom. The zero-order valence-corrected chi connectivity index (χ0v) is 20.1. The van der Waals surface area contributed by atoms with Crippen LogP contribution in [0.15, 0.2) is 0 Å². The van der Waals surface area contributed by atoms with Crippen LogP contribution < -0.4 is 0 Å². The molecule has 7 fully saturated rings. The molecule has 1 N–H and O–H groups in total. The van der Waals surface area contributed by atoms with Crippen molar-refractivity contribution in [1.82, 2.24) is 4.90 Å². The van der Waals surface area contributed by atoms with Crippen LogP contribution in [0.2, 0.25) is 0 Å². The van der Waals surface area contributed by atoms with Crippen LogP contribution in [0.25, 0.3) is 0 Å². The summed E-state index contributed by atoms with van der Waals surface area (Å²) in [5, 5.41) is 11.8. The third kappa shape index (κ3) is 1.80. The number of hydrogen-bond acceptors (Lipinski definition) is 7. The second-order valence-electron chi connectivity index (χ2n) is 12.1. The van der Waals surface area contributed by atoms with E-state index in [1.165, 1.54) is 0 Å². The highest BCUT2D eigenvalue weighted by atomic mass is 16.7. The summed E-state index contributed by atoms with van der Waals surface area (Å²) in [6.45, 7) is 7.06. The van der Waals surface area contributed by atoms with E-state index in [2.05, 4.69) is 18.7 Å². The smallest absolute Gasteiger partial charge is 0.148 e. The number of nitrogens with zero attached hydrogens (tertiary/aromatic N) is 1. The zero-order chi connectivity index (χ0) is 22.3. The molecule has 5 saturated carbocycles. The van der Waals surface area contributed by atoms with E-state index in [1.807, 2.05) is 14.2 Å². The zero-order valence-electron chi connectivity index (χ0n) is 20.1. The molecule has 3 spiro atoms. The van der Waals surface area contributed by atoms with Crippen molar-refractivity contribution in [2.75, 3.05) is 41.2 Å². The summed E-state index contributed by atoms with van der Waals surface area (Å²) in [6, 6.07) is 0.165. The number of fused-ring (bicyclic) bond motifs is 1. The molecule has 7 rings (SSSR count). The van der Waals surface area contributed by atoms with Crippen molar-refractivity contribution in [3.05, 3.63) is 0 Å². The van der Waals surface area contributed by atoms with Gasteiger partial charge in [0.1, 0.15) is 18.0 Å². The molecular weight excluding hydrogens is 410 g/mol. The molecule has 7 nitrogen and oxygen atoms in total. The molecule has 2 aliphatic heterocycles. The number of likely N-dealkylation sites (N-methyl/N-ethyl adjacent to an activating group) is 1. The monoisotopic (exact) mass is 449 g/mol. The van der Waals surface area contributed by atoms with E-state index in [1.54, 1.807) is 7.11 Å². The molecule has 13 unspecified atom stereocenters. The minimum Gasteiger partial charge on any atom is -0.392 e. The molecule has 0 aromatic rings. The van der Waals surface area contributed by atoms with E-state index < -0.39 is 17.3 Å². The normalized spacial score (nSPS) is 64.1. The first-order valence-corrected chi connectivity index (χ1v) is 12.7. The Kier molecular flexibility index (Phi) is 4.13. The lowest BCUT2D eigenvalue weighted by Crippen LogP contribution is -2.80. The predicted molar refractivity (Wildman–Crippen MR) is 115 cm³/mol. The number of hydrogen-bond donors (Lipinski definition) is 1. The molecule has 0 radical (unpaired) electrons. The summed E-state index contributed by atoms with van der Waals surface area (Å²) in [5.41, 5.74) is -1.19. The van der Waals surface area contributed by atoms with E-state index in [0.717, 1.165) is 38.8 Å². The summed E-state index contributed by atoms with van der Waals surface area (Å²) in [6.07, 6.45) is 3.54. The topological polar surface area (TPSA) is 69.6 Å². The van der Waals surface area contributed by atoms with Crippen molar-refractivity contribution in [3.8, 4) is 0 Å². The minimum atomic E-state index is -0.616. The first-order valence-electron chi connectivity index (χ1n) is 12.7. The van der Waals surface area contributed by atoms with Crippen LogP contribution in [0.5, 0.6) is 0 Å². The fourth-order valence-electron chi connectivity index (χ4n) is 11.4. The van der Waals surface area contributed by atoms with Crippen molar-refractivity contribution >= 4 is 0 Å². The molecule has 180 valence electrons. The van der Waals surface area contributed by atoms with Gasteiger partial charge in [0.25, 0.3) is 0 Å². The largest absolute Gasteiger partial charge is 0.392 e. The summed E-state index contributed by atoms with van der Waals surface area (Å²) >= 11 is 0. The third-order valence-electron chi connectivity index (χ3n) is 11.8. The Morgan fingerprint density at radius 3 is 2.62 bits per heavy atom. The van der Waals surface area contributed by atoms with Crippen LogP contribution in [0.1, 0.15) is 39.5 Å². The van der Waals surface area contributed by atoms with Crippen LogP contribution >= 0.6 is 0 Å². The highest BCUT2D eigenvalue weighted by molar-refractivity contribution is 5.42. The molecule has 32 heavy (non-hydrogen) atoms. The van der Waals surface area contributed by atoms with Gasteiger partial charge in [0.2, 0.25) is 0 Å². The predicted octanol–water partition coefficient (Wildman–Crippen LogP) is 1.66. The minimum absolute atomic E-state index is 0.0241. The van der Waals surface area contributed by atoms with Gasteiger partial charge in [-0.25, -0.2) is 0 Å². The molecule has 13 atom stereocenters. The van der Waals surface area contributed by atoms with Gasteiger partial charge < -0.3 is 28.8 Å². The van der Waals surface area contributed by atoms with E-state index >= 15 is 0 Å². The SMILES string of the molecule is CCN1CC2(C)CCC(OC)C34C5CC6C(OC)CC7(OCOC7(C(OC)C23)C14)C5C6O. The van der Waals surface area contributed by atoms with Crippen LogP contribution in [0.4, 0.5) is 0 Å². The molecule has 2 saturated heterocycles. The lowest BCUT2D eigenvalue weighted by molar-refractivity contribution is -0.281. The molecular formula is C25H39NO6. The van der Waals surface area contributed by atoms with Crippen LogP contribution in [0.3, 0.4) is 0 Å². The quantitative estimate of drug-likeness (QED) is 0.700. The standard InChI is InChI=1S/C25H39NO6/c1-6-26-11-22(2)8-7-16(29-4)24-14-9-13-15(28-3)10-23(17(14)18(13)27)25(21(24)26,32-12-31-23)20(30-5)19(22)24/h13-21,27H,6-12H2,1-5H3. The van der Waals surface area contributed by atoms with Gasteiger partial charge in [0.15, 0.2) is 0 Å². The van der Waals surface area contributed by atoms with Crippen molar-refractivity contribution in [3.63, 3.8) is 0 Å². The van der Waals surface area contributed by atoms with Gasteiger partial charge in [-0.15, -0.1) is 0 Å². The number of piperidine rings is 1. The van der Waals surface area contributed by atoms with E-state index in [4.69, 9.17) is 23.7 Å². The Morgan fingerprint density at radius 2 is 1.94 bits per heavy atom. The fraction of sp³-hybridized carbons (Fsp3) is 1.00. The molecule has 0 aromatic heterocycles. The highest BCUT2D eigenvalue weighted by Crippen LogP contribution is 2.82. The van der Waals surface area contributed by atoms with E-state index in [0.29, 0.717) is 11.8 Å². The molecule has 7 bridgehead atoms. The fourth-order valence-corrected chi connectivity index (χ4v) is 11.4. The average molecular weight is 450 g/mol. The lowest BCUT2D eigenvalue weighted by atomic mass is 9.43. The van der Waals surface area contributed by atoms with E-state index in [9.17, 15) is 5.11 Å². The third-order valence-corrected chi connectivity index (χ3v) is 11.8. The Hall–Kier alpha value is -0.280. The summed E-state index contributed by atoms with van der Waals surface area (Å²) < 4.78 is 32.6. The molecule has 2 heterocycles. The van der Waals surface area contributed by atoms with Gasteiger partial charge in [-0.2, -0.15) is 0 Å². The van der Waals surface area contributed by atoms with Gasteiger partial charge in [0.05, 0.1) is 30.5 Å². The lowest BCUT2D eigenvalue weighted by Gasteiger charge is -2.69. The second kappa shape index (κ2) is 6.28. The van der Waals surface area contributed by atoms with Crippen LogP contribution in [0, 0.1) is 34.5 Å². The molecule has 0 aromatic carbocycles. The van der Waals surface area contributed by atoms with Crippen molar-refractivity contribution in [1.29, 1.82) is 0 Å². The first-order chi connectivity index (χ1) is 15.4. The van der Waals surface area contributed by atoms with Gasteiger partial charge in [-0.1, -0.05) is 13.8 Å². The average Bonchev–Trinajstić information content (AvgIpc) is 3.33.